The fraction of sp³-hybridized carbons (Fsp3) is 0.385. The Morgan fingerprint density at radius 1 is 1.21 bits per heavy atom. The number of likely N-dealkylation sites (N-methyl/N-ethyl adjacent to an activating group) is 1. The molecule has 1 amide bonds. The number of carboxylic acid groups (broad SMARTS) is 1. The van der Waals surface area contributed by atoms with Gasteiger partial charge in [0.15, 0.2) is 0 Å². The Kier molecular flexibility index (Phi) is 5.98. The van der Waals surface area contributed by atoms with Gasteiger partial charge in [0.1, 0.15) is 6.54 Å². The van der Waals surface area contributed by atoms with Crippen molar-refractivity contribution in [3.05, 3.63) is 34.3 Å². The normalized spacial score (nSPS) is 10.5. The van der Waals surface area contributed by atoms with Gasteiger partial charge in [0, 0.05) is 17.6 Å². The molecule has 0 atom stereocenters. The predicted molar refractivity (Wildman–Crippen MR) is 76.2 cm³/mol. The summed E-state index contributed by atoms with van der Waals surface area (Å²) in [5.41, 5.74) is 0.475. The number of halogens is 1. The second kappa shape index (κ2) is 7.25. The summed E-state index contributed by atoms with van der Waals surface area (Å²) in [5, 5.41) is 8.90. The van der Waals surface area contributed by atoms with Gasteiger partial charge >= 0.3 is 5.97 Å². The summed E-state index contributed by atoms with van der Waals surface area (Å²) < 4.78 is 0.667. The first kappa shape index (κ1) is 15.7. The number of carboxylic acids is 1. The largest absolute Gasteiger partial charge is 0.480 e. The molecule has 0 heterocycles. The molecule has 0 spiro atoms. The molecule has 0 aliphatic rings. The topological polar surface area (TPSA) is 60.9 Å². The highest BCUT2D eigenvalue weighted by molar-refractivity contribution is 9.10. The third-order valence-corrected chi connectivity index (χ3v) is 3.23. The van der Waals surface area contributed by atoms with E-state index < -0.39 is 5.97 Å². The second-order valence-electron chi connectivity index (χ2n) is 4.40. The minimum Gasteiger partial charge on any atom is -0.480 e. The van der Waals surface area contributed by atoms with Crippen LogP contribution in [0.1, 0.15) is 10.4 Å². The van der Waals surface area contributed by atoms with Gasteiger partial charge in [-0.25, -0.2) is 0 Å². The Bertz CT molecular complexity index is 463. The second-order valence-corrected chi connectivity index (χ2v) is 5.26. The van der Waals surface area contributed by atoms with Crippen molar-refractivity contribution in [2.24, 2.45) is 0 Å². The monoisotopic (exact) mass is 328 g/mol. The molecule has 19 heavy (non-hydrogen) atoms. The number of amides is 1. The Morgan fingerprint density at radius 3 is 2.37 bits per heavy atom. The van der Waals surface area contributed by atoms with E-state index in [2.05, 4.69) is 15.9 Å². The summed E-state index contributed by atoms with van der Waals surface area (Å²) in [5.74, 6) is -1.30. The van der Waals surface area contributed by atoms with Crippen LogP contribution in [0.2, 0.25) is 0 Å². The molecule has 1 aromatic rings. The summed E-state index contributed by atoms with van der Waals surface area (Å²) in [7, 11) is 3.75. The molecule has 0 radical (unpaired) electrons. The predicted octanol–water partition coefficient (Wildman–Crippen LogP) is 1.54. The lowest BCUT2D eigenvalue weighted by Gasteiger charge is -2.23. The maximum Gasteiger partial charge on any atom is 0.323 e. The summed E-state index contributed by atoms with van der Waals surface area (Å²) >= 11 is 3.31. The molecule has 104 valence electrons. The van der Waals surface area contributed by atoms with Crippen molar-refractivity contribution < 1.29 is 14.7 Å². The van der Waals surface area contributed by atoms with Gasteiger partial charge in [-0.1, -0.05) is 12.1 Å². The van der Waals surface area contributed by atoms with Crippen LogP contribution in [0.25, 0.3) is 0 Å². The molecular weight excluding hydrogens is 312 g/mol. The average Bonchev–Trinajstić information content (AvgIpc) is 2.33. The number of hydrogen-bond donors (Lipinski definition) is 1. The van der Waals surface area contributed by atoms with Crippen LogP contribution in [-0.4, -0.2) is 60.5 Å². The summed E-state index contributed by atoms with van der Waals surface area (Å²) in [6, 6.07) is 7.00. The lowest BCUT2D eigenvalue weighted by molar-refractivity contribution is -0.137. The SMILES string of the molecule is CN(C)CCN(CC(=O)O)C(=O)c1ccccc1Br. The number of nitrogens with zero attached hydrogens (tertiary/aromatic N) is 2. The molecule has 0 bridgehead atoms. The average molecular weight is 329 g/mol. The minimum absolute atomic E-state index is 0.281. The van der Waals surface area contributed by atoms with Gasteiger partial charge in [-0.05, 0) is 42.2 Å². The van der Waals surface area contributed by atoms with Crippen LogP contribution in [0.4, 0.5) is 0 Å². The van der Waals surface area contributed by atoms with Crippen LogP contribution in [0, 0.1) is 0 Å². The van der Waals surface area contributed by atoms with E-state index in [1.807, 2.05) is 25.1 Å². The van der Waals surface area contributed by atoms with Crippen LogP contribution < -0.4 is 0 Å². The molecule has 0 unspecified atom stereocenters. The highest BCUT2D eigenvalue weighted by Crippen LogP contribution is 2.17. The van der Waals surface area contributed by atoms with Gasteiger partial charge in [0.05, 0.1) is 5.56 Å². The van der Waals surface area contributed by atoms with E-state index in [0.717, 1.165) is 0 Å². The van der Waals surface area contributed by atoms with Crippen LogP contribution in [-0.2, 0) is 4.79 Å². The van der Waals surface area contributed by atoms with Crippen molar-refractivity contribution in [2.75, 3.05) is 33.7 Å². The molecule has 6 heteroatoms. The first-order valence-corrected chi connectivity index (χ1v) is 6.61. The standard InChI is InChI=1S/C13H17BrN2O3/c1-15(2)7-8-16(9-12(17)18)13(19)10-5-3-4-6-11(10)14/h3-6H,7-9H2,1-2H3,(H,17,18). The van der Waals surface area contributed by atoms with E-state index in [-0.39, 0.29) is 12.5 Å². The van der Waals surface area contributed by atoms with E-state index in [4.69, 9.17) is 5.11 Å². The van der Waals surface area contributed by atoms with Crippen molar-refractivity contribution in [3.8, 4) is 0 Å². The first-order chi connectivity index (χ1) is 8.91. The number of carbonyl (C=O) groups is 2. The lowest BCUT2D eigenvalue weighted by atomic mass is 10.2. The third kappa shape index (κ3) is 5.00. The minimum atomic E-state index is -1.01. The number of rotatable bonds is 6. The Morgan fingerprint density at radius 2 is 1.84 bits per heavy atom. The van der Waals surface area contributed by atoms with Crippen LogP contribution in [0.15, 0.2) is 28.7 Å². The quantitative estimate of drug-likeness (QED) is 0.860. The van der Waals surface area contributed by atoms with E-state index in [1.165, 1.54) is 4.90 Å². The van der Waals surface area contributed by atoms with Crippen molar-refractivity contribution in [3.63, 3.8) is 0 Å². The van der Waals surface area contributed by atoms with E-state index in [0.29, 0.717) is 23.1 Å². The molecule has 1 aromatic carbocycles. The summed E-state index contributed by atoms with van der Waals surface area (Å²) in [4.78, 5) is 26.4. The highest BCUT2D eigenvalue weighted by Gasteiger charge is 2.20. The van der Waals surface area contributed by atoms with Gasteiger partial charge in [-0.3, -0.25) is 9.59 Å². The molecule has 0 aliphatic heterocycles. The highest BCUT2D eigenvalue weighted by atomic mass is 79.9. The van der Waals surface area contributed by atoms with Gasteiger partial charge in [-0.2, -0.15) is 0 Å². The van der Waals surface area contributed by atoms with E-state index >= 15 is 0 Å². The zero-order valence-electron chi connectivity index (χ0n) is 11.0. The van der Waals surface area contributed by atoms with Crippen LogP contribution in [0.3, 0.4) is 0 Å². The molecule has 0 aliphatic carbocycles. The Hall–Kier alpha value is -1.40. The Labute approximate surface area is 120 Å². The molecule has 1 rings (SSSR count). The molecular formula is C13H17BrN2O3. The van der Waals surface area contributed by atoms with Crippen molar-refractivity contribution >= 4 is 27.8 Å². The van der Waals surface area contributed by atoms with E-state index in [9.17, 15) is 9.59 Å². The molecule has 0 fully saturated rings. The smallest absolute Gasteiger partial charge is 0.323 e. The molecule has 5 nitrogen and oxygen atoms in total. The maximum absolute atomic E-state index is 12.3. The number of carbonyl (C=O) groups excluding carboxylic acids is 1. The molecule has 0 saturated heterocycles. The zero-order chi connectivity index (χ0) is 14.4. The van der Waals surface area contributed by atoms with Crippen molar-refractivity contribution in [2.45, 2.75) is 0 Å². The van der Waals surface area contributed by atoms with Gasteiger partial charge in [-0.15, -0.1) is 0 Å². The fourth-order valence-corrected chi connectivity index (χ4v) is 2.00. The maximum atomic E-state index is 12.3. The molecule has 0 saturated carbocycles. The number of aliphatic carboxylic acids is 1. The lowest BCUT2D eigenvalue weighted by Crippen LogP contribution is -2.40. The summed E-state index contributed by atoms with van der Waals surface area (Å²) in [6.07, 6.45) is 0. The number of benzene rings is 1. The Balaban J connectivity index is 2.87. The zero-order valence-corrected chi connectivity index (χ0v) is 12.6. The van der Waals surface area contributed by atoms with Gasteiger partial charge in [0.2, 0.25) is 0 Å². The van der Waals surface area contributed by atoms with Gasteiger partial charge < -0.3 is 14.9 Å². The molecule has 0 aromatic heterocycles. The fourth-order valence-electron chi connectivity index (χ4n) is 1.54. The van der Waals surface area contributed by atoms with Gasteiger partial charge in [0.25, 0.3) is 5.91 Å². The van der Waals surface area contributed by atoms with E-state index in [1.54, 1.807) is 18.2 Å². The van der Waals surface area contributed by atoms with Crippen molar-refractivity contribution in [1.82, 2.24) is 9.80 Å². The van der Waals surface area contributed by atoms with Crippen LogP contribution >= 0.6 is 15.9 Å². The molecule has 1 N–H and O–H groups in total. The third-order valence-electron chi connectivity index (χ3n) is 2.53. The first-order valence-electron chi connectivity index (χ1n) is 5.82. The van der Waals surface area contributed by atoms with Crippen LogP contribution in [0.5, 0.6) is 0 Å². The van der Waals surface area contributed by atoms with Crippen molar-refractivity contribution in [1.29, 1.82) is 0 Å². The summed E-state index contributed by atoms with van der Waals surface area (Å²) in [6.45, 7) is 0.691. The number of hydrogen-bond acceptors (Lipinski definition) is 3.